The highest BCUT2D eigenvalue weighted by Crippen LogP contribution is 2.40. The van der Waals surface area contributed by atoms with Gasteiger partial charge in [-0.15, -0.1) is 0 Å². The molecule has 4 atom stereocenters. The van der Waals surface area contributed by atoms with Crippen molar-refractivity contribution in [3.8, 4) is 0 Å². The lowest BCUT2D eigenvalue weighted by Gasteiger charge is -2.40. The highest BCUT2D eigenvalue weighted by molar-refractivity contribution is 4.87. The quantitative estimate of drug-likeness (QED) is 0.575. The summed E-state index contributed by atoms with van der Waals surface area (Å²) in [5.74, 6) is 1.41. The molecule has 2 saturated carbocycles. The summed E-state index contributed by atoms with van der Waals surface area (Å²) in [7, 11) is 0. The Morgan fingerprint density at radius 1 is 0.750 bits per heavy atom. The zero-order valence-corrected chi connectivity index (χ0v) is 7.45. The van der Waals surface area contributed by atoms with E-state index in [1.807, 2.05) is 0 Å². The summed E-state index contributed by atoms with van der Waals surface area (Å²) in [6, 6.07) is 0. The van der Waals surface area contributed by atoms with Crippen LogP contribution in [0.15, 0.2) is 0 Å². The molecule has 0 unspecified atom stereocenters. The molecule has 2 heteroatoms. The molecule has 0 aromatic carbocycles. The van der Waals surface area contributed by atoms with Gasteiger partial charge in [0.2, 0.25) is 0 Å². The smallest absolute Gasteiger partial charge is 0.0802 e. The molecule has 0 aromatic rings. The van der Waals surface area contributed by atoms with Crippen LogP contribution in [0, 0.1) is 11.8 Å². The Kier molecular flexibility index (Phi) is 2.37. The maximum absolute atomic E-state index is 9.47. The zero-order chi connectivity index (χ0) is 8.55. The predicted molar refractivity (Wildman–Crippen MR) is 46.7 cm³/mol. The molecule has 2 aliphatic carbocycles. The van der Waals surface area contributed by atoms with Crippen LogP contribution in [-0.4, -0.2) is 22.4 Å². The molecule has 70 valence electrons. The molecule has 2 N–H and O–H groups in total. The molecule has 0 aliphatic heterocycles. The van der Waals surface area contributed by atoms with E-state index < -0.39 is 12.2 Å². The average molecular weight is 170 g/mol. The van der Waals surface area contributed by atoms with Crippen molar-refractivity contribution < 1.29 is 10.2 Å². The van der Waals surface area contributed by atoms with Crippen LogP contribution in [0.4, 0.5) is 0 Å². The summed E-state index contributed by atoms with van der Waals surface area (Å²) in [4.78, 5) is 0. The predicted octanol–water partition coefficient (Wildman–Crippen LogP) is 1.31. The number of rotatable bonds is 0. The minimum atomic E-state index is -0.440. The van der Waals surface area contributed by atoms with E-state index in [0.717, 1.165) is 12.8 Å². The first-order valence-corrected chi connectivity index (χ1v) is 5.13. The van der Waals surface area contributed by atoms with E-state index in [1.165, 1.54) is 25.7 Å². The third-order valence-corrected chi connectivity index (χ3v) is 3.60. The van der Waals surface area contributed by atoms with Crippen LogP contribution in [0.2, 0.25) is 0 Å². The van der Waals surface area contributed by atoms with Gasteiger partial charge in [0.05, 0.1) is 12.2 Å². The van der Waals surface area contributed by atoms with Gasteiger partial charge in [0.25, 0.3) is 0 Å². The first-order chi connectivity index (χ1) is 5.77. The number of hydrogen-bond acceptors (Lipinski definition) is 2. The SMILES string of the molecule is O[C@@H]1C[C@H]2CCCC[C@H]2C[C@H]1O. The molecule has 0 radical (unpaired) electrons. The van der Waals surface area contributed by atoms with Gasteiger partial charge in [-0.1, -0.05) is 25.7 Å². The monoisotopic (exact) mass is 170 g/mol. The Labute approximate surface area is 73.6 Å². The number of hydrogen-bond donors (Lipinski definition) is 2. The number of aliphatic hydroxyl groups excluding tert-OH is 2. The van der Waals surface area contributed by atoms with Gasteiger partial charge in [0.1, 0.15) is 0 Å². The second kappa shape index (κ2) is 3.35. The van der Waals surface area contributed by atoms with E-state index in [2.05, 4.69) is 0 Å². The van der Waals surface area contributed by atoms with Gasteiger partial charge >= 0.3 is 0 Å². The van der Waals surface area contributed by atoms with Gasteiger partial charge in [-0.2, -0.15) is 0 Å². The van der Waals surface area contributed by atoms with E-state index in [4.69, 9.17) is 0 Å². The summed E-state index contributed by atoms with van der Waals surface area (Å²) in [6.07, 6.45) is 5.99. The standard InChI is InChI=1S/C10H18O2/c11-9-5-7-3-1-2-4-8(7)6-10(9)12/h7-12H,1-6H2/t7-,8+,9-,10-/m1/s1. The van der Waals surface area contributed by atoms with Crippen LogP contribution < -0.4 is 0 Å². The Balaban J connectivity index is 1.98. The summed E-state index contributed by atoms with van der Waals surface area (Å²) in [6.45, 7) is 0. The van der Waals surface area contributed by atoms with Crippen LogP contribution >= 0.6 is 0 Å². The minimum Gasteiger partial charge on any atom is -0.390 e. The summed E-state index contributed by atoms with van der Waals surface area (Å²) in [5, 5.41) is 18.9. The molecule has 0 heterocycles. The normalized spacial score (nSPS) is 48.5. The molecular weight excluding hydrogens is 152 g/mol. The molecule has 2 nitrogen and oxygen atoms in total. The fraction of sp³-hybridized carbons (Fsp3) is 1.00. The molecule has 2 rings (SSSR count). The van der Waals surface area contributed by atoms with Crippen LogP contribution in [0.3, 0.4) is 0 Å². The van der Waals surface area contributed by atoms with Crippen molar-refractivity contribution in [3.63, 3.8) is 0 Å². The lowest BCUT2D eigenvalue weighted by molar-refractivity contribution is -0.0566. The summed E-state index contributed by atoms with van der Waals surface area (Å²) < 4.78 is 0. The topological polar surface area (TPSA) is 40.5 Å². The third kappa shape index (κ3) is 1.50. The zero-order valence-electron chi connectivity index (χ0n) is 7.45. The van der Waals surface area contributed by atoms with Crippen molar-refractivity contribution in [2.45, 2.75) is 50.7 Å². The minimum absolute atomic E-state index is 0.440. The van der Waals surface area contributed by atoms with Gasteiger partial charge in [0.15, 0.2) is 0 Å². The van der Waals surface area contributed by atoms with Crippen molar-refractivity contribution in [1.82, 2.24) is 0 Å². The second-order valence-electron chi connectivity index (χ2n) is 4.41. The van der Waals surface area contributed by atoms with Crippen LogP contribution in [0.25, 0.3) is 0 Å². The van der Waals surface area contributed by atoms with Gasteiger partial charge in [-0.05, 0) is 24.7 Å². The van der Waals surface area contributed by atoms with Crippen LogP contribution in [-0.2, 0) is 0 Å². The third-order valence-electron chi connectivity index (χ3n) is 3.60. The Hall–Kier alpha value is -0.0800. The molecule has 0 saturated heterocycles. The van der Waals surface area contributed by atoms with E-state index >= 15 is 0 Å². The Morgan fingerprint density at radius 3 is 1.58 bits per heavy atom. The van der Waals surface area contributed by atoms with Gasteiger partial charge < -0.3 is 10.2 Å². The fourth-order valence-corrected chi connectivity index (χ4v) is 2.84. The molecule has 0 bridgehead atoms. The molecule has 2 fully saturated rings. The Bertz CT molecular complexity index is 140. The maximum Gasteiger partial charge on any atom is 0.0802 e. The molecule has 2 aliphatic rings. The van der Waals surface area contributed by atoms with Crippen molar-refractivity contribution in [1.29, 1.82) is 0 Å². The van der Waals surface area contributed by atoms with Gasteiger partial charge in [0, 0.05) is 0 Å². The second-order valence-corrected chi connectivity index (χ2v) is 4.41. The fourth-order valence-electron chi connectivity index (χ4n) is 2.84. The highest BCUT2D eigenvalue weighted by atomic mass is 16.3. The largest absolute Gasteiger partial charge is 0.390 e. The van der Waals surface area contributed by atoms with Gasteiger partial charge in [-0.25, -0.2) is 0 Å². The maximum atomic E-state index is 9.47. The molecule has 12 heavy (non-hydrogen) atoms. The van der Waals surface area contributed by atoms with E-state index in [-0.39, 0.29) is 0 Å². The van der Waals surface area contributed by atoms with E-state index in [9.17, 15) is 10.2 Å². The van der Waals surface area contributed by atoms with Crippen molar-refractivity contribution in [2.24, 2.45) is 11.8 Å². The molecular formula is C10H18O2. The number of aliphatic hydroxyl groups is 2. The van der Waals surface area contributed by atoms with E-state index in [1.54, 1.807) is 0 Å². The summed E-state index contributed by atoms with van der Waals surface area (Å²) in [5.41, 5.74) is 0. The van der Waals surface area contributed by atoms with Crippen molar-refractivity contribution >= 4 is 0 Å². The highest BCUT2D eigenvalue weighted by Gasteiger charge is 2.36. The van der Waals surface area contributed by atoms with Crippen LogP contribution in [0.5, 0.6) is 0 Å². The van der Waals surface area contributed by atoms with E-state index in [0.29, 0.717) is 11.8 Å². The molecule has 0 amide bonds. The lowest BCUT2D eigenvalue weighted by Crippen LogP contribution is -2.40. The average Bonchev–Trinajstić information content (AvgIpc) is 2.07. The van der Waals surface area contributed by atoms with Gasteiger partial charge in [-0.3, -0.25) is 0 Å². The summed E-state index contributed by atoms with van der Waals surface area (Å²) >= 11 is 0. The first kappa shape index (κ1) is 8.52. The first-order valence-electron chi connectivity index (χ1n) is 5.13. The number of fused-ring (bicyclic) bond motifs is 1. The van der Waals surface area contributed by atoms with Crippen LogP contribution in [0.1, 0.15) is 38.5 Å². The molecule has 0 aromatic heterocycles. The molecule has 0 spiro atoms. The lowest BCUT2D eigenvalue weighted by atomic mass is 9.69. The van der Waals surface area contributed by atoms with Crippen molar-refractivity contribution in [3.05, 3.63) is 0 Å². The Morgan fingerprint density at radius 2 is 1.17 bits per heavy atom. The van der Waals surface area contributed by atoms with Crippen molar-refractivity contribution in [2.75, 3.05) is 0 Å².